The fourth-order valence-corrected chi connectivity index (χ4v) is 4.69. The highest BCUT2D eigenvalue weighted by molar-refractivity contribution is 6.42. The number of halogens is 2. The second-order valence-corrected chi connectivity index (χ2v) is 8.84. The Labute approximate surface area is 199 Å². The number of benzene rings is 2. The number of para-hydroxylation sites is 1. The van der Waals surface area contributed by atoms with E-state index in [1.54, 1.807) is 6.07 Å². The van der Waals surface area contributed by atoms with Crippen molar-refractivity contribution < 1.29 is 19.3 Å². The van der Waals surface area contributed by atoms with Gasteiger partial charge >= 0.3 is 0 Å². The van der Waals surface area contributed by atoms with Crippen LogP contribution in [-0.2, 0) is 16.1 Å². The Morgan fingerprint density at radius 2 is 1.88 bits per heavy atom. The van der Waals surface area contributed by atoms with Gasteiger partial charge in [0.25, 0.3) is 23.4 Å². The molecule has 3 atom stereocenters. The highest BCUT2D eigenvalue weighted by Crippen LogP contribution is 2.40. The molecule has 0 bridgehead atoms. The number of nitro groups is 1. The van der Waals surface area contributed by atoms with Gasteiger partial charge in [-0.1, -0.05) is 60.5 Å². The molecule has 1 saturated heterocycles. The number of rotatable bonds is 5. The molecule has 4 rings (SSSR count). The summed E-state index contributed by atoms with van der Waals surface area (Å²) in [6.07, 6.45) is 4.12. The first-order valence-corrected chi connectivity index (χ1v) is 11.0. The number of nitrogens with zero attached hydrogens (tertiary/aromatic N) is 3. The van der Waals surface area contributed by atoms with E-state index in [2.05, 4.69) is 0 Å². The van der Waals surface area contributed by atoms with Crippen molar-refractivity contribution in [1.29, 1.82) is 0 Å². The predicted molar refractivity (Wildman–Crippen MR) is 121 cm³/mol. The number of hydrogen-bond acceptors (Lipinski definition) is 5. The molecule has 1 aliphatic carbocycles. The molecule has 0 N–H and O–H groups in total. The van der Waals surface area contributed by atoms with Gasteiger partial charge in [0, 0.05) is 6.07 Å². The first-order valence-electron chi connectivity index (χ1n) is 10.2. The third-order valence-corrected chi connectivity index (χ3v) is 6.71. The van der Waals surface area contributed by atoms with Crippen LogP contribution in [0.2, 0.25) is 10.0 Å². The standard InChI is InChI=1S/C23H19Cl2N3O5/c1-13-5-4-7-16-20(13)23(31)27(22(16)30)26(12-14-9-10-17(24)18(25)11-14)21(29)15-6-2-3-8-19(15)28(32)33/h2-6,8-11,13,16,20H,7,12H2,1H3/t13-,16-,20+/m1/s1. The molecule has 1 fully saturated rings. The summed E-state index contributed by atoms with van der Waals surface area (Å²) in [5.74, 6) is -3.22. The topological polar surface area (TPSA) is 101 Å². The van der Waals surface area contributed by atoms with Crippen molar-refractivity contribution in [2.24, 2.45) is 17.8 Å². The average molecular weight is 488 g/mol. The first-order chi connectivity index (χ1) is 15.7. The van der Waals surface area contributed by atoms with Crippen molar-refractivity contribution in [3.8, 4) is 0 Å². The summed E-state index contributed by atoms with van der Waals surface area (Å²) in [7, 11) is 0. The normalized spacial score (nSPS) is 21.8. The van der Waals surface area contributed by atoms with Crippen LogP contribution in [0.25, 0.3) is 0 Å². The summed E-state index contributed by atoms with van der Waals surface area (Å²) < 4.78 is 0. The van der Waals surface area contributed by atoms with Crippen LogP contribution in [0.4, 0.5) is 5.69 Å². The lowest BCUT2D eigenvalue weighted by molar-refractivity contribution is -0.385. The maximum Gasteiger partial charge on any atom is 0.282 e. The summed E-state index contributed by atoms with van der Waals surface area (Å²) in [5.41, 5.74) is -0.157. The third kappa shape index (κ3) is 4.12. The Morgan fingerprint density at radius 1 is 1.15 bits per heavy atom. The van der Waals surface area contributed by atoms with Crippen LogP contribution in [0.5, 0.6) is 0 Å². The molecule has 1 aliphatic heterocycles. The van der Waals surface area contributed by atoms with Gasteiger partial charge in [-0.25, -0.2) is 5.01 Å². The van der Waals surface area contributed by atoms with Gasteiger partial charge in [-0.2, -0.15) is 5.01 Å². The fraction of sp³-hybridized carbons (Fsp3) is 0.261. The molecule has 33 heavy (non-hydrogen) atoms. The lowest BCUT2D eigenvalue weighted by Crippen LogP contribution is -2.50. The molecule has 0 unspecified atom stereocenters. The Bertz CT molecular complexity index is 1200. The van der Waals surface area contributed by atoms with Gasteiger partial charge in [0.15, 0.2) is 0 Å². The highest BCUT2D eigenvalue weighted by Gasteiger charge is 2.53. The first kappa shape index (κ1) is 22.9. The second-order valence-electron chi connectivity index (χ2n) is 8.03. The molecule has 2 aromatic carbocycles. The number of hydrazine groups is 1. The molecular formula is C23H19Cl2N3O5. The second kappa shape index (κ2) is 8.96. The molecule has 170 valence electrons. The van der Waals surface area contributed by atoms with Gasteiger partial charge in [0.2, 0.25) is 0 Å². The summed E-state index contributed by atoms with van der Waals surface area (Å²) in [6.45, 7) is 1.63. The van der Waals surface area contributed by atoms with E-state index in [1.165, 1.54) is 36.4 Å². The molecule has 3 amide bonds. The van der Waals surface area contributed by atoms with E-state index in [0.29, 0.717) is 17.0 Å². The van der Waals surface area contributed by atoms with Crippen LogP contribution in [0.1, 0.15) is 29.3 Å². The van der Waals surface area contributed by atoms with Gasteiger partial charge in [-0.15, -0.1) is 0 Å². The van der Waals surface area contributed by atoms with Crippen LogP contribution in [0.15, 0.2) is 54.6 Å². The molecule has 0 spiro atoms. The van der Waals surface area contributed by atoms with Gasteiger partial charge in [0.1, 0.15) is 5.56 Å². The zero-order valence-electron chi connectivity index (χ0n) is 17.5. The summed E-state index contributed by atoms with van der Waals surface area (Å²) in [5, 5.41) is 13.9. The van der Waals surface area contributed by atoms with E-state index in [0.717, 1.165) is 10.0 Å². The van der Waals surface area contributed by atoms with Crippen molar-refractivity contribution in [3.05, 3.63) is 85.9 Å². The summed E-state index contributed by atoms with van der Waals surface area (Å²) >= 11 is 12.1. The Hall–Kier alpha value is -3.23. The number of fused-ring (bicyclic) bond motifs is 1. The average Bonchev–Trinajstić information content (AvgIpc) is 3.05. The Balaban J connectivity index is 1.79. The SMILES string of the molecule is C[C@@H]1C=CC[C@H]2C(=O)N(N(Cc3ccc(Cl)c(Cl)c3)C(=O)c3ccccc3[N+](=O)[O-])C(=O)[C@@H]12. The molecule has 8 nitrogen and oxygen atoms in total. The smallest absolute Gasteiger partial charge is 0.272 e. The van der Waals surface area contributed by atoms with Crippen molar-refractivity contribution >= 4 is 46.6 Å². The highest BCUT2D eigenvalue weighted by atomic mass is 35.5. The number of allylic oxidation sites excluding steroid dienone is 2. The molecule has 2 aliphatic rings. The maximum absolute atomic E-state index is 13.6. The van der Waals surface area contributed by atoms with Crippen molar-refractivity contribution in [1.82, 2.24) is 10.0 Å². The fourth-order valence-electron chi connectivity index (χ4n) is 4.37. The number of carbonyl (C=O) groups is 3. The Morgan fingerprint density at radius 3 is 2.55 bits per heavy atom. The van der Waals surface area contributed by atoms with Gasteiger partial charge in [-0.05, 0) is 36.1 Å². The zero-order chi connectivity index (χ0) is 23.9. The monoisotopic (exact) mass is 487 g/mol. The predicted octanol–water partition coefficient (Wildman–Crippen LogP) is 4.66. The summed E-state index contributed by atoms with van der Waals surface area (Å²) in [4.78, 5) is 51.1. The number of hydrogen-bond donors (Lipinski definition) is 0. The van der Waals surface area contributed by atoms with Gasteiger partial charge in [-0.3, -0.25) is 24.5 Å². The van der Waals surface area contributed by atoms with Crippen LogP contribution in [-0.4, -0.2) is 32.7 Å². The third-order valence-electron chi connectivity index (χ3n) is 5.97. The number of carbonyl (C=O) groups excluding carboxylic acids is 3. The van der Waals surface area contributed by atoms with Crippen LogP contribution >= 0.6 is 23.2 Å². The Kier molecular flexibility index (Phi) is 6.23. The minimum absolute atomic E-state index is 0.182. The molecule has 0 saturated carbocycles. The largest absolute Gasteiger partial charge is 0.282 e. The molecule has 10 heteroatoms. The quantitative estimate of drug-likeness (QED) is 0.264. The van der Waals surface area contributed by atoms with E-state index in [4.69, 9.17) is 23.2 Å². The van der Waals surface area contributed by atoms with E-state index in [-0.39, 0.29) is 23.0 Å². The van der Waals surface area contributed by atoms with Crippen LogP contribution in [0.3, 0.4) is 0 Å². The van der Waals surface area contributed by atoms with Crippen LogP contribution < -0.4 is 0 Å². The molecule has 0 radical (unpaired) electrons. The van der Waals surface area contributed by atoms with Crippen molar-refractivity contribution in [2.45, 2.75) is 19.9 Å². The molecule has 0 aromatic heterocycles. The molecule has 1 heterocycles. The van der Waals surface area contributed by atoms with Gasteiger partial charge in [0.05, 0.1) is 33.3 Å². The summed E-state index contributed by atoms with van der Waals surface area (Å²) in [6, 6.07) is 10.1. The number of amides is 3. The van der Waals surface area contributed by atoms with E-state index in [9.17, 15) is 24.5 Å². The lowest BCUT2D eigenvalue weighted by Gasteiger charge is -2.30. The molecule has 2 aromatic rings. The van der Waals surface area contributed by atoms with Crippen LogP contribution in [0, 0.1) is 27.9 Å². The lowest BCUT2D eigenvalue weighted by atomic mass is 9.78. The van der Waals surface area contributed by atoms with Gasteiger partial charge < -0.3 is 0 Å². The van der Waals surface area contributed by atoms with Crippen molar-refractivity contribution in [3.63, 3.8) is 0 Å². The van der Waals surface area contributed by atoms with Crippen molar-refractivity contribution in [2.75, 3.05) is 0 Å². The maximum atomic E-state index is 13.6. The van der Waals surface area contributed by atoms with E-state index in [1.807, 2.05) is 19.1 Å². The zero-order valence-corrected chi connectivity index (χ0v) is 19.0. The van der Waals surface area contributed by atoms with E-state index >= 15 is 0 Å². The minimum Gasteiger partial charge on any atom is -0.272 e. The number of imide groups is 1. The molecular weight excluding hydrogens is 469 g/mol. The number of nitro benzene ring substituents is 1. The minimum atomic E-state index is -0.839. The van der Waals surface area contributed by atoms with E-state index < -0.39 is 40.2 Å².